The molecule has 2 N–H and O–H groups in total. The van der Waals surface area contributed by atoms with Crippen molar-refractivity contribution in [2.75, 3.05) is 5.75 Å². The van der Waals surface area contributed by atoms with Crippen molar-refractivity contribution in [3.05, 3.63) is 0 Å². The van der Waals surface area contributed by atoms with Crippen LogP contribution in [0.15, 0.2) is 0 Å². The molecule has 0 unspecified atom stereocenters. The fourth-order valence-corrected chi connectivity index (χ4v) is 0.910. The van der Waals surface area contributed by atoms with Crippen LogP contribution in [0.1, 0.15) is 26.2 Å². The molecule has 0 spiro atoms. The molecule has 0 radical (unpaired) electrons. The summed E-state index contributed by atoms with van der Waals surface area (Å²) in [4.78, 5) is 2.04. The molecule has 0 saturated carbocycles. The summed E-state index contributed by atoms with van der Waals surface area (Å²) in [7, 11) is 0. The first-order valence-electron chi connectivity index (χ1n) is 2.92. The zero-order valence-electron chi connectivity index (χ0n) is 5.18. The van der Waals surface area contributed by atoms with Crippen LogP contribution in [0.25, 0.3) is 0 Å². The second-order valence-electron chi connectivity index (χ2n) is 1.65. The van der Waals surface area contributed by atoms with Crippen molar-refractivity contribution < 1.29 is 5.21 Å². The highest BCUT2D eigenvalue weighted by atomic mass is 32.2. The first kappa shape index (κ1) is 8.27. The normalized spacial score (nSPS) is 9.75. The lowest BCUT2D eigenvalue weighted by atomic mass is 10.3. The molecular weight excluding hydrogens is 122 g/mol. The summed E-state index contributed by atoms with van der Waals surface area (Å²) < 4.78 is 0. The zero-order valence-corrected chi connectivity index (χ0v) is 6.00. The molecule has 0 saturated heterocycles. The van der Waals surface area contributed by atoms with Crippen LogP contribution in [0.2, 0.25) is 0 Å². The highest BCUT2D eigenvalue weighted by Crippen LogP contribution is 2.00. The fourth-order valence-electron chi connectivity index (χ4n) is 0.470. The van der Waals surface area contributed by atoms with Gasteiger partial charge >= 0.3 is 0 Å². The van der Waals surface area contributed by atoms with Crippen LogP contribution in [0.3, 0.4) is 0 Å². The lowest BCUT2D eigenvalue weighted by molar-refractivity contribution is 0.258. The Kier molecular flexibility index (Phi) is 7.52. The first-order chi connectivity index (χ1) is 3.91. The molecule has 3 heteroatoms. The van der Waals surface area contributed by atoms with Crippen LogP contribution in [-0.4, -0.2) is 11.0 Å². The van der Waals surface area contributed by atoms with E-state index >= 15 is 0 Å². The molecule has 2 nitrogen and oxygen atoms in total. The average molecular weight is 135 g/mol. The summed E-state index contributed by atoms with van der Waals surface area (Å²) in [5.74, 6) is 1.00. The number of nitrogens with one attached hydrogen (secondary N) is 1. The van der Waals surface area contributed by atoms with Gasteiger partial charge in [-0.3, -0.25) is 0 Å². The third-order valence-electron chi connectivity index (χ3n) is 0.915. The monoisotopic (exact) mass is 135 g/mol. The smallest absolute Gasteiger partial charge is 0.00998 e. The third-order valence-corrected chi connectivity index (χ3v) is 1.54. The van der Waals surface area contributed by atoms with E-state index in [4.69, 9.17) is 5.21 Å². The highest BCUT2D eigenvalue weighted by molar-refractivity contribution is 7.97. The van der Waals surface area contributed by atoms with E-state index in [1.807, 2.05) is 4.89 Å². The second kappa shape index (κ2) is 7.27. The summed E-state index contributed by atoms with van der Waals surface area (Å²) in [6.45, 7) is 2.16. The maximum Gasteiger partial charge on any atom is 0.00998 e. The maximum atomic E-state index is 8.08. The SMILES string of the molecule is CCCCCSNO. The minimum Gasteiger partial charge on any atom is -0.306 e. The summed E-state index contributed by atoms with van der Waals surface area (Å²) in [6, 6.07) is 0. The Morgan fingerprint density at radius 2 is 2.25 bits per heavy atom. The molecule has 0 bridgehead atoms. The zero-order chi connectivity index (χ0) is 6.24. The molecule has 0 aromatic rings. The third kappa shape index (κ3) is 6.27. The van der Waals surface area contributed by atoms with Crippen molar-refractivity contribution in [1.82, 2.24) is 4.89 Å². The Balaban J connectivity index is 2.53. The van der Waals surface area contributed by atoms with E-state index < -0.39 is 0 Å². The van der Waals surface area contributed by atoms with E-state index in [-0.39, 0.29) is 0 Å². The predicted molar refractivity (Wildman–Crippen MR) is 36.9 cm³/mol. The van der Waals surface area contributed by atoms with E-state index in [1.165, 1.54) is 31.2 Å². The van der Waals surface area contributed by atoms with E-state index in [9.17, 15) is 0 Å². The maximum absolute atomic E-state index is 8.08. The Morgan fingerprint density at radius 3 is 2.75 bits per heavy atom. The minimum absolute atomic E-state index is 1.00. The number of hydrogen-bond acceptors (Lipinski definition) is 3. The Bertz CT molecular complexity index is 37.4. The van der Waals surface area contributed by atoms with Gasteiger partial charge in [-0.2, -0.15) is 0 Å². The molecule has 0 aromatic heterocycles. The van der Waals surface area contributed by atoms with Gasteiger partial charge in [0.25, 0.3) is 0 Å². The minimum atomic E-state index is 1.00. The van der Waals surface area contributed by atoms with Gasteiger partial charge in [0.1, 0.15) is 0 Å². The molecule has 0 fully saturated rings. The van der Waals surface area contributed by atoms with Crippen LogP contribution in [0.4, 0.5) is 0 Å². The van der Waals surface area contributed by atoms with Gasteiger partial charge in [0.2, 0.25) is 0 Å². The van der Waals surface area contributed by atoms with E-state index in [0.29, 0.717) is 0 Å². The van der Waals surface area contributed by atoms with Crippen molar-refractivity contribution in [1.29, 1.82) is 0 Å². The van der Waals surface area contributed by atoms with Crippen molar-refractivity contribution >= 4 is 11.9 Å². The lowest BCUT2D eigenvalue weighted by Gasteiger charge is -1.94. The fraction of sp³-hybridized carbons (Fsp3) is 1.00. The van der Waals surface area contributed by atoms with E-state index in [1.54, 1.807) is 0 Å². The predicted octanol–water partition coefficient (Wildman–Crippen LogP) is 1.80. The van der Waals surface area contributed by atoms with Gasteiger partial charge in [0.15, 0.2) is 0 Å². The van der Waals surface area contributed by atoms with Crippen LogP contribution in [0, 0.1) is 0 Å². The van der Waals surface area contributed by atoms with Gasteiger partial charge < -0.3 is 5.21 Å². The molecule has 0 amide bonds. The largest absolute Gasteiger partial charge is 0.306 e. The number of unbranched alkanes of at least 4 members (excludes halogenated alkanes) is 2. The Labute approximate surface area is 54.8 Å². The van der Waals surface area contributed by atoms with Gasteiger partial charge in [0, 0.05) is 5.75 Å². The standard InChI is InChI=1S/C5H13NOS/c1-2-3-4-5-8-6-7/h6-7H,2-5H2,1H3. The summed E-state index contributed by atoms with van der Waals surface area (Å²) >= 11 is 1.35. The topological polar surface area (TPSA) is 32.3 Å². The molecular formula is C5H13NOS. The van der Waals surface area contributed by atoms with Gasteiger partial charge in [-0.25, -0.2) is 0 Å². The summed E-state index contributed by atoms with van der Waals surface area (Å²) in [6.07, 6.45) is 3.69. The number of rotatable bonds is 5. The van der Waals surface area contributed by atoms with E-state index in [2.05, 4.69) is 6.92 Å². The molecule has 50 valence electrons. The van der Waals surface area contributed by atoms with Crippen molar-refractivity contribution in [3.63, 3.8) is 0 Å². The summed E-state index contributed by atoms with van der Waals surface area (Å²) in [5, 5.41) is 8.08. The van der Waals surface area contributed by atoms with Crippen LogP contribution < -0.4 is 4.89 Å². The van der Waals surface area contributed by atoms with Crippen LogP contribution in [0.5, 0.6) is 0 Å². The van der Waals surface area contributed by atoms with Gasteiger partial charge in [-0.15, -0.1) is 4.89 Å². The van der Waals surface area contributed by atoms with Crippen molar-refractivity contribution in [2.45, 2.75) is 26.2 Å². The molecule has 0 aliphatic carbocycles. The second-order valence-corrected chi connectivity index (χ2v) is 2.53. The Hall–Kier alpha value is 0.270. The van der Waals surface area contributed by atoms with Gasteiger partial charge in [-0.1, -0.05) is 31.7 Å². The number of hydrogen-bond donors (Lipinski definition) is 2. The molecule has 0 heterocycles. The van der Waals surface area contributed by atoms with Gasteiger partial charge in [-0.05, 0) is 6.42 Å². The molecule has 0 aliphatic rings. The Morgan fingerprint density at radius 1 is 1.50 bits per heavy atom. The molecule has 0 rings (SSSR count). The summed E-state index contributed by atoms with van der Waals surface area (Å²) in [5.41, 5.74) is 0. The van der Waals surface area contributed by atoms with Gasteiger partial charge in [0.05, 0.1) is 0 Å². The van der Waals surface area contributed by atoms with Crippen LogP contribution in [-0.2, 0) is 0 Å². The van der Waals surface area contributed by atoms with E-state index in [0.717, 1.165) is 5.75 Å². The molecule has 0 aromatic carbocycles. The van der Waals surface area contributed by atoms with Crippen molar-refractivity contribution in [3.8, 4) is 0 Å². The highest BCUT2D eigenvalue weighted by Gasteiger charge is 1.83. The first-order valence-corrected chi connectivity index (χ1v) is 3.91. The quantitative estimate of drug-likeness (QED) is 0.342. The molecule has 0 atom stereocenters. The average Bonchev–Trinajstić information content (AvgIpc) is 1.81. The van der Waals surface area contributed by atoms with Crippen LogP contribution >= 0.6 is 11.9 Å². The van der Waals surface area contributed by atoms with Crippen molar-refractivity contribution in [2.24, 2.45) is 0 Å². The molecule has 0 aliphatic heterocycles. The lowest BCUT2D eigenvalue weighted by Crippen LogP contribution is -1.94. The molecule has 8 heavy (non-hydrogen) atoms.